The van der Waals surface area contributed by atoms with E-state index in [0.717, 1.165) is 6.42 Å². The maximum atomic E-state index is 6.37. The van der Waals surface area contributed by atoms with Gasteiger partial charge in [-0.3, -0.25) is 0 Å². The van der Waals surface area contributed by atoms with Crippen LogP contribution in [0.4, 0.5) is 0 Å². The highest BCUT2D eigenvalue weighted by Gasteiger charge is 2.28. The first-order valence-corrected chi connectivity index (χ1v) is 7.22. The van der Waals surface area contributed by atoms with Crippen molar-refractivity contribution in [1.29, 1.82) is 0 Å². The average molecular weight is 251 g/mol. The zero-order chi connectivity index (χ0) is 13.1. The number of nitrogens with two attached hydrogens (primary N) is 1. The zero-order valence-electron chi connectivity index (χ0n) is 11.3. The Morgan fingerprint density at radius 2 is 1.68 bits per heavy atom. The van der Waals surface area contributed by atoms with Crippen molar-refractivity contribution in [1.82, 2.24) is 0 Å². The summed E-state index contributed by atoms with van der Waals surface area (Å²) >= 11 is 0. The average Bonchev–Trinajstić information content (AvgIpc) is 2.78. The van der Waals surface area contributed by atoms with Gasteiger partial charge in [-0.1, -0.05) is 54.6 Å². The summed E-state index contributed by atoms with van der Waals surface area (Å²) in [7, 11) is 0. The summed E-state index contributed by atoms with van der Waals surface area (Å²) < 4.78 is 0. The number of aryl methyl sites for hydroxylation is 1. The second-order valence-electron chi connectivity index (χ2n) is 5.57. The van der Waals surface area contributed by atoms with Gasteiger partial charge in [-0.05, 0) is 48.3 Å². The number of hydrogen-bond donors (Lipinski definition) is 1. The molecule has 19 heavy (non-hydrogen) atoms. The molecule has 0 amide bonds. The molecule has 1 aliphatic rings. The fourth-order valence-electron chi connectivity index (χ4n) is 3.20. The SMILES string of the molecule is NC1c2ccccc2CC1CCCc1ccccc1. The first-order valence-electron chi connectivity index (χ1n) is 7.22. The number of fused-ring (bicyclic) bond motifs is 1. The number of benzene rings is 2. The van der Waals surface area contributed by atoms with Crippen LogP contribution in [-0.2, 0) is 12.8 Å². The third-order valence-electron chi connectivity index (χ3n) is 4.29. The number of rotatable bonds is 4. The van der Waals surface area contributed by atoms with E-state index in [-0.39, 0.29) is 6.04 Å². The van der Waals surface area contributed by atoms with E-state index in [1.54, 1.807) is 0 Å². The van der Waals surface area contributed by atoms with Gasteiger partial charge >= 0.3 is 0 Å². The van der Waals surface area contributed by atoms with Crippen molar-refractivity contribution < 1.29 is 0 Å². The highest BCUT2D eigenvalue weighted by atomic mass is 14.7. The van der Waals surface area contributed by atoms with Crippen molar-refractivity contribution >= 4 is 0 Å². The normalized spacial score (nSPS) is 21.3. The lowest BCUT2D eigenvalue weighted by molar-refractivity contribution is 0.421. The predicted molar refractivity (Wildman–Crippen MR) is 79.9 cm³/mol. The van der Waals surface area contributed by atoms with Crippen molar-refractivity contribution in [2.24, 2.45) is 11.7 Å². The molecule has 2 atom stereocenters. The van der Waals surface area contributed by atoms with Crippen molar-refractivity contribution in [2.45, 2.75) is 31.7 Å². The van der Waals surface area contributed by atoms with Crippen LogP contribution in [-0.4, -0.2) is 0 Å². The molecule has 1 aliphatic carbocycles. The first-order chi connectivity index (χ1) is 9.34. The third kappa shape index (κ3) is 2.71. The molecule has 0 saturated heterocycles. The zero-order valence-corrected chi connectivity index (χ0v) is 11.3. The molecule has 0 aliphatic heterocycles. The first kappa shape index (κ1) is 12.4. The largest absolute Gasteiger partial charge is 0.324 e. The molecular formula is C18H21N. The molecule has 2 aromatic carbocycles. The van der Waals surface area contributed by atoms with Crippen LogP contribution in [0, 0.1) is 5.92 Å². The molecule has 3 rings (SSSR count). The van der Waals surface area contributed by atoms with Crippen LogP contribution in [0.1, 0.15) is 35.6 Å². The standard InChI is InChI=1S/C18H21N/c19-18-16(13-15-10-4-5-12-17(15)18)11-6-9-14-7-2-1-3-8-14/h1-5,7-8,10,12,16,18H,6,9,11,13,19H2. The van der Waals surface area contributed by atoms with E-state index in [9.17, 15) is 0 Å². The minimum atomic E-state index is 0.243. The van der Waals surface area contributed by atoms with Gasteiger partial charge < -0.3 is 5.73 Å². The van der Waals surface area contributed by atoms with Crippen LogP contribution >= 0.6 is 0 Å². The van der Waals surface area contributed by atoms with Gasteiger partial charge in [-0.2, -0.15) is 0 Å². The van der Waals surface area contributed by atoms with Crippen LogP contribution in [0.25, 0.3) is 0 Å². The summed E-state index contributed by atoms with van der Waals surface area (Å²) in [6.45, 7) is 0. The van der Waals surface area contributed by atoms with Crippen LogP contribution in [0.2, 0.25) is 0 Å². The minimum absolute atomic E-state index is 0.243. The quantitative estimate of drug-likeness (QED) is 0.876. The fraction of sp³-hybridized carbons (Fsp3) is 0.333. The van der Waals surface area contributed by atoms with Crippen LogP contribution in [0.3, 0.4) is 0 Å². The molecule has 0 aromatic heterocycles. The second kappa shape index (κ2) is 5.58. The molecule has 0 fully saturated rings. The molecule has 2 aromatic rings. The maximum Gasteiger partial charge on any atom is 0.0329 e. The molecule has 98 valence electrons. The molecule has 1 heteroatoms. The van der Waals surface area contributed by atoms with Gasteiger partial charge in [-0.15, -0.1) is 0 Å². The third-order valence-corrected chi connectivity index (χ3v) is 4.29. The van der Waals surface area contributed by atoms with Crippen molar-refractivity contribution in [2.75, 3.05) is 0 Å². The molecule has 2 N–H and O–H groups in total. The Morgan fingerprint density at radius 1 is 0.947 bits per heavy atom. The Labute approximate surface area is 115 Å². The van der Waals surface area contributed by atoms with Crippen LogP contribution < -0.4 is 5.73 Å². The summed E-state index contributed by atoms with van der Waals surface area (Å²) in [4.78, 5) is 0. The summed E-state index contributed by atoms with van der Waals surface area (Å²) in [5.41, 5.74) is 10.6. The lowest BCUT2D eigenvalue weighted by Crippen LogP contribution is -2.16. The topological polar surface area (TPSA) is 26.0 Å². The minimum Gasteiger partial charge on any atom is -0.324 e. The Bertz CT molecular complexity index is 532. The smallest absolute Gasteiger partial charge is 0.0329 e. The van der Waals surface area contributed by atoms with Gasteiger partial charge in [0.15, 0.2) is 0 Å². The van der Waals surface area contributed by atoms with Gasteiger partial charge in [0.05, 0.1) is 0 Å². The molecule has 1 nitrogen and oxygen atoms in total. The summed E-state index contributed by atoms with van der Waals surface area (Å²) in [6.07, 6.45) is 4.79. The molecule has 2 unspecified atom stereocenters. The van der Waals surface area contributed by atoms with Gasteiger partial charge in [0, 0.05) is 6.04 Å². The van der Waals surface area contributed by atoms with E-state index in [1.165, 1.54) is 36.0 Å². The number of hydrogen-bond acceptors (Lipinski definition) is 1. The van der Waals surface area contributed by atoms with Gasteiger partial charge in [0.1, 0.15) is 0 Å². The van der Waals surface area contributed by atoms with Gasteiger partial charge in [0.2, 0.25) is 0 Å². The lowest BCUT2D eigenvalue weighted by Gasteiger charge is -2.15. The van der Waals surface area contributed by atoms with E-state index in [4.69, 9.17) is 5.73 Å². The van der Waals surface area contributed by atoms with Crippen LogP contribution in [0.5, 0.6) is 0 Å². The van der Waals surface area contributed by atoms with E-state index in [2.05, 4.69) is 54.6 Å². The Hall–Kier alpha value is -1.60. The van der Waals surface area contributed by atoms with Crippen molar-refractivity contribution in [3.63, 3.8) is 0 Å². The van der Waals surface area contributed by atoms with Crippen molar-refractivity contribution in [3.05, 3.63) is 71.3 Å². The van der Waals surface area contributed by atoms with Crippen molar-refractivity contribution in [3.8, 4) is 0 Å². The Morgan fingerprint density at radius 3 is 2.47 bits per heavy atom. The molecule has 0 spiro atoms. The van der Waals surface area contributed by atoms with E-state index < -0.39 is 0 Å². The highest BCUT2D eigenvalue weighted by Crippen LogP contribution is 2.36. The highest BCUT2D eigenvalue weighted by molar-refractivity contribution is 5.35. The lowest BCUT2D eigenvalue weighted by atomic mass is 9.94. The molecule has 0 saturated carbocycles. The Kier molecular flexibility index (Phi) is 3.65. The molecular weight excluding hydrogens is 230 g/mol. The van der Waals surface area contributed by atoms with E-state index in [0.29, 0.717) is 5.92 Å². The van der Waals surface area contributed by atoms with Gasteiger partial charge in [0.25, 0.3) is 0 Å². The molecule has 0 bridgehead atoms. The Balaban J connectivity index is 1.55. The summed E-state index contributed by atoms with van der Waals surface area (Å²) in [5.74, 6) is 0.626. The summed E-state index contributed by atoms with van der Waals surface area (Å²) in [5, 5.41) is 0. The fourth-order valence-corrected chi connectivity index (χ4v) is 3.20. The van der Waals surface area contributed by atoms with Gasteiger partial charge in [-0.25, -0.2) is 0 Å². The second-order valence-corrected chi connectivity index (χ2v) is 5.57. The predicted octanol–water partition coefficient (Wildman–Crippen LogP) is 3.88. The molecule has 0 radical (unpaired) electrons. The van der Waals surface area contributed by atoms with Crippen LogP contribution in [0.15, 0.2) is 54.6 Å². The van der Waals surface area contributed by atoms with E-state index in [1.807, 2.05) is 0 Å². The maximum absolute atomic E-state index is 6.37. The summed E-state index contributed by atoms with van der Waals surface area (Å²) in [6, 6.07) is 19.6. The van der Waals surface area contributed by atoms with E-state index >= 15 is 0 Å². The monoisotopic (exact) mass is 251 g/mol. The molecule has 0 heterocycles.